The number of hydrogen-bond acceptors (Lipinski definition) is 3. The van der Waals surface area contributed by atoms with E-state index in [1.165, 1.54) is 0 Å². The molecule has 0 aliphatic heterocycles. The zero-order chi connectivity index (χ0) is 13.8. The maximum absolute atomic E-state index is 10.1. The van der Waals surface area contributed by atoms with E-state index in [2.05, 4.69) is 16.0 Å². The summed E-state index contributed by atoms with van der Waals surface area (Å²) in [4.78, 5) is 15.6. The van der Waals surface area contributed by atoms with Gasteiger partial charge in [-0.25, -0.2) is 0 Å². The Hall–Kier alpha value is -1.52. The van der Waals surface area contributed by atoms with Crippen molar-refractivity contribution in [3.05, 3.63) is 34.5 Å². The first-order chi connectivity index (χ1) is 9.10. The summed E-state index contributed by atoms with van der Waals surface area (Å²) in [5, 5.41) is 1.82. The van der Waals surface area contributed by atoms with Crippen LogP contribution in [0.15, 0.2) is 18.2 Å². The summed E-state index contributed by atoms with van der Waals surface area (Å²) in [6.45, 7) is 1.67. The van der Waals surface area contributed by atoms with Crippen molar-refractivity contribution in [1.29, 1.82) is 0 Å². The molecule has 0 aliphatic rings. The third-order valence-electron chi connectivity index (χ3n) is 2.87. The molecule has 1 aromatic heterocycles. The minimum absolute atomic E-state index is 0.382. The fourth-order valence-corrected chi connectivity index (χ4v) is 2.40. The topological polar surface area (TPSA) is 45.3 Å². The second kappa shape index (κ2) is 6.08. The molecule has 1 N–H and O–H groups in total. The first-order valence-corrected chi connectivity index (χ1v) is 6.48. The molecule has 0 saturated heterocycles. The van der Waals surface area contributed by atoms with Crippen molar-refractivity contribution in [1.82, 2.24) is 9.88 Å². The highest BCUT2D eigenvalue weighted by Gasteiger charge is 2.08. The lowest BCUT2D eigenvalue weighted by Crippen LogP contribution is -2.11. The van der Waals surface area contributed by atoms with Crippen LogP contribution in [0.4, 0.5) is 0 Å². The fraction of sp³-hybridized carbons (Fsp3) is 0.357. The summed E-state index contributed by atoms with van der Waals surface area (Å²) in [7, 11) is 4.04. The van der Waals surface area contributed by atoms with Gasteiger partial charge in [-0.05, 0) is 37.9 Å². The van der Waals surface area contributed by atoms with E-state index in [1.54, 1.807) is 0 Å². The summed E-state index contributed by atoms with van der Waals surface area (Å²) < 4.78 is 4.72. The number of aromatic amines is 1. The van der Waals surface area contributed by atoms with Gasteiger partial charge >= 0.3 is 0 Å². The molecular formula is C14H17ClN2O2. The van der Waals surface area contributed by atoms with Crippen LogP contribution in [0.2, 0.25) is 5.02 Å². The minimum Gasteiger partial charge on any atom is -0.467 e. The molecule has 19 heavy (non-hydrogen) atoms. The van der Waals surface area contributed by atoms with Gasteiger partial charge in [-0.15, -0.1) is 0 Å². The van der Waals surface area contributed by atoms with E-state index < -0.39 is 0 Å². The first-order valence-electron chi connectivity index (χ1n) is 6.10. The van der Waals surface area contributed by atoms with Gasteiger partial charge in [0.05, 0.1) is 12.1 Å². The lowest BCUT2D eigenvalue weighted by molar-refractivity contribution is -0.128. The van der Waals surface area contributed by atoms with E-state index in [0.717, 1.165) is 33.7 Å². The van der Waals surface area contributed by atoms with Gasteiger partial charge in [-0.2, -0.15) is 0 Å². The van der Waals surface area contributed by atoms with Gasteiger partial charge in [0.25, 0.3) is 6.47 Å². The van der Waals surface area contributed by atoms with Crippen LogP contribution < -0.4 is 0 Å². The average Bonchev–Trinajstić information content (AvgIpc) is 2.71. The molecule has 102 valence electrons. The molecule has 0 unspecified atom stereocenters. The van der Waals surface area contributed by atoms with E-state index in [-0.39, 0.29) is 0 Å². The van der Waals surface area contributed by atoms with E-state index in [4.69, 9.17) is 16.3 Å². The Labute approximate surface area is 117 Å². The van der Waals surface area contributed by atoms with Crippen LogP contribution in [0.3, 0.4) is 0 Å². The Morgan fingerprint density at radius 3 is 2.84 bits per heavy atom. The molecular weight excluding hydrogens is 264 g/mol. The normalized spacial score (nSPS) is 11.2. The molecule has 0 amide bonds. The number of benzene rings is 1. The lowest BCUT2D eigenvalue weighted by atomic mass is 10.1. The quantitative estimate of drug-likeness (QED) is 0.653. The van der Waals surface area contributed by atoms with Crippen molar-refractivity contribution in [2.75, 3.05) is 20.7 Å². The monoisotopic (exact) mass is 280 g/mol. The number of carbonyl (C=O) groups excluding carboxylic acids is 1. The van der Waals surface area contributed by atoms with Crippen LogP contribution in [0, 0.1) is 0 Å². The fourth-order valence-electron chi connectivity index (χ4n) is 2.15. The van der Waals surface area contributed by atoms with Crippen molar-refractivity contribution in [2.24, 2.45) is 0 Å². The smallest absolute Gasteiger partial charge is 0.293 e. The highest BCUT2D eigenvalue weighted by molar-refractivity contribution is 6.31. The largest absolute Gasteiger partial charge is 0.467 e. The zero-order valence-electron chi connectivity index (χ0n) is 11.1. The predicted octanol–water partition coefficient (Wildman–Crippen LogP) is 2.60. The molecule has 0 bridgehead atoms. The molecule has 2 rings (SSSR count). The molecule has 1 aromatic carbocycles. The number of fused-ring (bicyclic) bond motifs is 1. The Morgan fingerprint density at radius 1 is 1.37 bits per heavy atom. The highest BCUT2D eigenvalue weighted by Crippen LogP contribution is 2.25. The van der Waals surface area contributed by atoms with Gasteiger partial charge < -0.3 is 14.6 Å². The summed E-state index contributed by atoms with van der Waals surface area (Å²) in [5.41, 5.74) is 3.30. The number of rotatable bonds is 6. The molecule has 2 aromatic rings. The van der Waals surface area contributed by atoms with Crippen molar-refractivity contribution in [3.63, 3.8) is 0 Å². The van der Waals surface area contributed by atoms with Crippen LogP contribution in [0.5, 0.6) is 0 Å². The summed E-state index contributed by atoms with van der Waals surface area (Å²) in [6, 6.07) is 5.97. The zero-order valence-corrected chi connectivity index (χ0v) is 11.8. The second-order valence-corrected chi connectivity index (χ2v) is 5.21. The molecule has 0 radical (unpaired) electrons. The third kappa shape index (κ3) is 3.49. The number of ether oxygens (including phenoxy) is 1. The van der Waals surface area contributed by atoms with E-state index in [0.29, 0.717) is 19.5 Å². The average molecular weight is 281 g/mol. The number of H-pyrrole nitrogens is 1. The SMILES string of the molecule is CN(C)Cc1cc(Cl)cc2cc(CCOC=O)[nH]c12. The third-order valence-corrected chi connectivity index (χ3v) is 3.09. The molecule has 0 fully saturated rings. The van der Waals surface area contributed by atoms with Crippen LogP contribution in [0.1, 0.15) is 11.3 Å². The Balaban J connectivity index is 2.31. The molecule has 0 aliphatic carbocycles. The molecule has 0 spiro atoms. The van der Waals surface area contributed by atoms with Gasteiger partial charge in [0.2, 0.25) is 0 Å². The summed E-state index contributed by atoms with van der Waals surface area (Å²) in [5.74, 6) is 0. The standard InChI is InChI=1S/C14H17ClN2O2/c1-17(2)8-11-6-12(15)5-10-7-13(16-14(10)11)3-4-19-9-18/h5-7,9,16H,3-4,8H2,1-2H3. The number of nitrogens with one attached hydrogen (secondary N) is 1. The first kappa shape index (κ1) is 13.9. The second-order valence-electron chi connectivity index (χ2n) is 4.78. The van der Waals surface area contributed by atoms with Crippen molar-refractivity contribution in [2.45, 2.75) is 13.0 Å². The maximum atomic E-state index is 10.1. The van der Waals surface area contributed by atoms with Gasteiger partial charge in [-0.3, -0.25) is 4.79 Å². The Bertz CT molecular complexity index is 578. The van der Waals surface area contributed by atoms with Crippen LogP contribution in [-0.2, 0) is 22.5 Å². The highest BCUT2D eigenvalue weighted by atomic mass is 35.5. The van der Waals surface area contributed by atoms with Gasteiger partial charge in [0.15, 0.2) is 0 Å². The Kier molecular flexibility index (Phi) is 4.45. The Morgan fingerprint density at radius 2 is 2.16 bits per heavy atom. The predicted molar refractivity (Wildman–Crippen MR) is 76.4 cm³/mol. The van der Waals surface area contributed by atoms with Gasteiger partial charge in [0, 0.05) is 29.1 Å². The van der Waals surface area contributed by atoms with E-state index >= 15 is 0 Å². The van der Waals surface area contributed by atoms with Crippen molar-refractivity contribution in [3.8, 4) is 0 Å². The maximum Gasteiger partial charge on any atom is 0.293 e. The van der Waals surface area contributed by atoms with Crippen LogP contribution in [0.25, 0.3) is 10.9 Å². The van der Waals surface area contributed by atoms with Gasteiger partial charge in [-0.1, -0.05) is 11.6 Å². The summed E-state index contributed by atoms with van der Waals surface area (Å²) in [6.07, 6.45) is 0.673. The molecule has 4 nitrogen and oxygen atoms in total. The van der Waals surface area contributed by atoms with E-state index in [1.807, 2.05) is 26.2 Å². The van der Waals surface area contributed by atoms with Crippen LogP contribution in [-0.4, -0.2) is 37.1 Å². The van der Waals surface area contributed by atoms with Gasteiger partial charge in [0.1, 0.15) is 0 Å². The minimum atomic E-state index is 0.382. The molecule has 0 atom stereocenters. The van der Waals surface area contributed by atoms with E-state index in [9.17, 15) is 4.79 Å². The summed E-state index contributed by atoms with van der Waals surface area (Å²) >= 11 is 6.14. The van der Waals surface area contributed by atoms with Crippen molar-refractivity contribution >= 4 is 29.0 Å². The van der Waals surface area contributed by atoms with Crippen LogP contribution >= 0.6 is 11.6 Å². The number of carbonyl (C=O) groups is 1. The number of nitrogens with zero attached hydrogens (tertiary/aromatic N) is 1. The molecule has 1 heterocycles. The number of aromatic nitrogens is 1. The number of hydrogen-bond donors (Lipinski definition) is 1. The number of halogens is 1. The van der Waals surface area contributed by atoms with Crippen molar-refractivity contribution < 1.29 is 9.53 Å². The molecule has 5 heteroatoms. The molecule has 0 saturated carbocycles. The lowest BCUT2D eigenvalue weighted by Gasteiger charge is -2.11.